The van der Waals surface area contributed by atoms with Crippen molar-refractivity contribution in [3.05, 3.63) is 23.6 Å². The largest absolute Gasteiger partial charge is 0.388 e. The average Bonchev–Trinajstić information content (AvgIpc) is 2.08. The number of nitrogens with two attached hydrogens (primary N) is 1. The van der Waals surface area contributed by atoms with Gasteiger partial charge in [-0.3, -0.25) is 4.99 Å². The summed E-state index contributed by atoms with van der Waals surface area (Å²) >= 11 is 11.3. The third-order valence-electron chi connectivity index (χ3n) is 1.22. The zero-order valence-corrected chi connectivity index (χ0v) is 8.05. The molecule has 1 rings (SSSR count). The summed E-state index contributed by atoms with van der Waals surface area (Å²) in [5.74, 6) is 0. The van der Waals surface area contributed by atoms with Crippen molar-refractivity contribution in [1.82, 2.24) is 0 Å². The van der Waals surface area contributed by atoms with E-state index in [9.17, 15) is 0 Å². The van der Waals surface area contributed by atoms with Gasteiger partial charge in [-0.25, -0.2) is 9.98 Å². The molecule has 0 spiro atoms. The number of allylic oxidation sites excluding steroid dienone is 1. The molecule has 0 saturated heterocycles. The topological polar surface area (TPSA) is 63.1 Å². The van der Waals surface area contributed by atoms with Gasteiger partial charge in [0.25, 0.3) is 0 Å². The fourth-order valence-corrected chi connectivity index (χ4v) is 1.06. The smallest absolute Gasteiger partial charge is 0.158 e. The summed E-state index contributed by atoms with van der Waals surface area (Å²) in [5.41, 5.74) is 5.99. The zero-order chi connectivity index (χ0) is 9.84. The Balaban J connectivity index is 3.22. The average molecular weight is 217 g/mol. The number of hydrogen-bond acceptors (Lipinski definition) is 4. The van der Waals surface area contributed by atoms with Crippen LogP contribution in [0.1, 0.15) is 0 Å². The Kier molecular flexibility index (Phi) is 3.22. The Hall–Kier alpha value is -1.13. The standard InChI is InChI=1S/C7H6Cl2N4/c1-2-11-5-4(6(8)10)12-3-13-7(5)9/h2-3H,1,10H2/b6-4+,11-5+. The van der Waals surface area contributed by atoms with E-state index in [-0.39, 0.29) is 10.3 Å². The van der Waals surface area contributed by atoms with E-state index in [0.717, 1.165) is 0 Å². The Labute approximate surface area is 85.2 Å². The monoisotopic (exact) mass is 216 g/mol. The molecule has 0 aromatic carbocycles. The second-order valence-corrected chi connectivity index (χ2v) is 2.79. The van der Waals surface area contributed by atoms with Gasteiger partial charge in [-0.1, -0.05) is 29.8 Å². The molecule has 0 fully saturated rings. The SMILES string of the molecule is C=C/N=C1/C(Cl)=NC=N/C1=C(/N)Cl. The normalized spacial score (nSPS) is 22.9. The van der Waals surface area contributed by atoms with Gasteiger partial charge < -0.3 is 5.73 Å². The first kappa shape index (κ1) is 9.95. The summed E-state index contributed by atoms with van der Waals surface area (Å²) in [6, 6.07) is 0. The van der Waals surface area contributed by atoms with Gasteiger partial charge in [0.2, 0.25) is 0 Å². The van der Waals surface area contributed by atoms with Crippen molar-refractivity contribution in [2.45, 2.75) is 0 Å². The molecule has 0 atom stereocenters. The van der Waals surface area contributed by atoms with Crippen LogP contribution in [0.4, 0.5) is 0 Å². The van der Waals surface area contributed by atoms with E-state index in [0.29, 0.717) is 11.4 Å². The number of rotatable bonds is 1. The van der Waals surface area contributed by atoms with Gasteiger partial charge >= 0.3 is 0 Å². The summed E-state index contributed by atoms with van der Waals surface area (Å²) in [7, 11) is 0. The summed E-state index contributed by atoms with van der Waals surface area (Å²) in [6.07, 6.45) is 2.57. The van der Waals surface area contributed by atoms with Crippen molar-refractivity contribution >= 4 is 40.4 Å². The lowest BCUT2D eigenvalue weighted by Gasteiger charge is -2.07. The Morgan fingerprint density at radius 1 is 1.69 bits per heavy atom. The molecule has 0 aromatic rings. The molecule has 1 aliphatic rings. The Morgan fingerprint density at radius 2 is 2.38 bits per heavy atom. The van der Waals surface area contributed by atoms with Crippen LogP contribution in [0.15, 0.2) is 38.6 Å². The van der Waals surface area contributed by atoms with E-state index in [2.05, 4.69) is 21.6 Å². The molecule has 13 heavy (non-hydrogen) atoms. The van der Waals surface area contributed by atoms with Crippen LogP contribution in [0, 0.1) is 0 Å². The number of aliphatic imine (C=N–C) groups is 3. The first-order valence-electron chi connectivity index (χ1n) is 3.27. The van der Waals surface area contributed by atoms with Gasteiger partial charge in [0, 0.05) is 6.20 Å². The zero-order valence-electron chi connectivity index (χ0n) is 6.54. The Morgan fingerprint density at radius 3 is 2.92 bits per heavy atom. The van der Waals surface area contributed by atoms with Gasteiger partial charge in [0.1, 0.15) is 22.9 Å². The molecular formula is C7H6Cl2N4. The second-order valence-electron chi connectivity index (χ2n) is 2.02. The molecule has 4 nitrogen and oxygen atoms in total. The van der Waals surface area contributed by atoms with Crippen molar-refractivity contribution in [1.29, 1.82) is 0 Å². The third kappa shape index (κ3) is 2.17. The molecule has 0 unspecified atom stereocenters. The molecule has 1 aliphatic heterocycles. The fraction of sp³-hybridized carbons (Fsp3) is 0. The first-order chi connectivity index (χ1) is 6.16. The molecule has 1 heterocycles. The highest BCUT2D eigenvalue weighted by atomic mass is 35.5. The highest BCUT2D eigenvalue weighted by molar-refractivity contribution is 6.86. The lowest BCUT2D eigenvalue weighted by Crippen LogP contribution is -2.16. The minimum Gasteiger partial charge on any atom is -0.388 e. The Bertz CT molecular complexity index is 348. The first-order valence-corrected chi connectivity index (χ1v) is 4.03. The molecule has 0 radical (unpaired) electrons. The van der Waals surface area contributed by atoms with Crippen molar-refractivity contribution in [3.8, 4) is 0 Å². The van der Waals surface area contributed by atoms with Crippen LogP contribution in [-0.2, 0) is 0 Å². The summed E-state index contributed by atoms with van der Waals surface area (Å²) < 4.78 is 0. The van der Waals surface area contributed by atoms with Crippen molar-refractivity contribution in [2.75, 3.05) is 0 Å². The van der Waals surface area contributed by atoms with Crippen molar-refractivity contribution in [2.24, 2.45) is 20.7 Å². The summed E-state index contributed by atoms with van der Waals surface area (Å²) in [4.78, 5) is 11.4. The molecule has 0 aliphatic carbocycles. The molecule has 0 bridgehead atoms. The van der Waals surface area contributed by atoms with E-state index in [4.69, 9.17) is 28.9 Å². The van der Waals surface area contributed by atoms with E-state index in [1.165, 1.54) is 12.5 Å². The molecular weight excluding hydrogens is 211 g/mol. The summed E-state index contributed by atoms with van der Waals surface area (Å²) in [6.45, 7) is 3.42. The second kappa shape index (κ2) is 4.20. The maximum Gasteiger partial charge on any atom is 0.158 e. The van der Waals surface area contributed by atoms with Crippen molar-refractivity contribution in [3.63, 3.8) is 0 Å². The van der Waals surface area contributed by atoms with Gasteiger partial charge in [-0.2, -0.15) is 0 Å². The quantitative estimate of drug-likeness (QED) is 0.666. The molecule has 0 saturated carbocycles. The third-order valence-corrected chi connectivity index (χ3v) is 1.68. The van der Waals surface area contributed by atoms with Crippen LogP contribution in [0.2, 0.25) is 0 Å². The predicted octanol–water partition coefficient (Wildman–Crippen LogP) is 1.62. The lowest BCUT2D eigenvalue weighted by molar-refractivity contribution is 1.34. The number of hydrogen-bond donors (Lipinski definition) is 1. The number of halogens is 2. The van der Waals surface area contributed by atoms with E-state index in [1.807, 2.05) is 0 Å². The lowest BCUT2D eigenvalue weighted by atomic mass is 10.3. The van der Waals surface area contributed by atoms with Crippen LogP contribution >= 0.6 is 23.2 Å². The van der Waals surface area contributed by atoms with Crippen LogP contribution < -0.4 is 5.73 Å². The minimum atomic E-state index is 0.0184. The van der Waals surface area contributed by atoms with Crippen LogP contribution in [0.5, 0.6) is 0 Å². The summed E-state index contributed by atoms with van der Waals surface area (Å²) in [5, 5.41) is 0.207. The minimum absolute atomic E-state index is 0.0184. The van der Waals surface area contributed by atoms with Gasteiger partial charge in [-0.05, 0) is 0 Å². The van der Waals surface area contributed by atoms with Gasteiger partial charge in [0.05, 0.1) is 0 Å². The number of nitrogens with zero attached hydrogens (tertiary/aromatic N) is 3. The predicted molar refractivity (Wildman–Crippen MR) is 56.5 cm³/mol. The molecule has 6 heteroatoms. The fourth-order valence-electron chi connectivity index (χ4n) is 0.738. The highest BCUT2D eigenvalue weighted by Crippen LogP contribution is 2.14. The van der Waals surface area contributed by atoms with Crippen LogP contribution in [0.25, 0.3) is 0 Å². The van der Waals surface area contributed by atoms with E-state index in [1.54, 1.807) is 0 Å². The molecule has 68 valence electrons. The van der Waals surface area contributed by atoms with Gasteiger partial charge in [0.15, 0.2) is 5.17 Å². The van der Waals surface area contributed by atoms with E-state index >= 15 is 0 Å². The van der Waals surface area contributed by atoms with Crippen LogP contribution in [0.3, 0.4) is 0 Å². The van der Waals surface area contributed by atoms with Gasteiger partial charge in [-0.15, -0.1) is 0 Å². The van der Waals surface area contributed by atoms with Crippen molar-refractivity contribution < 1.29 is 0 Å². The molecule has 0 aromatic heterocycles. The van der Waals surface area contributed by atoms with E-state index < -0.39 is 0 Å². The maximum atomic E-state index is 5.73. The highest BCUT2D eigenvalue weighted by Gasteiger charge is 2.16. The molecule has 0 amide bonds. The molecule has 2 N–H and O–H groups in total. The van der Waals surface area contributed by atoms with Crippen LogP contribution in [-0.4, -0.2) is 17.2 Å². The maximum absolute atomic E-state index is 5.73.